The zero-order valence-electron chi connectivity index (χ0n) is 10.9. The number of aromatic nitrogens is 2. The summed E-state index contributed by atoms with van der Waals surface area (Å²) < 4.78 is 4.78. The maximum Gasteiger partial charge on any atom is 0.272 e. The van der Waals surface area contributed by atoms with Crippen LogP contribution in [-0.2, 0) is 9.53 Å². The lowest BCUT2D eigenvalue weighted by Crippen LogP contribution is -2.38. The Morgan fingerprint density at radius 3 is 2.63 bits per heavy atom. The van der Waals surface area contributed by atoms with Gasteiger partial charge in [-0.15, -0.1) is 10.2 Å². The third-order valence-corrected chi connectivity index (χ3v) is 2.19. The van der Waals surface area contributed by atoms with Crippen LogP contribution in [0, 0.1) is 0 Å². The standard InChI is InChI=1S/C11H17N5O3/c1-12-9-4-3-8(15-16-9)11(18)14-7-10(17)13-5-6-19-2/h3-4H,5-7H2,1-2H3,(H,12,16)(H,13,17)(H,14,18). The zero-order chi connectivity index (χ0) is 14.1. The number of nitrogens with one attached hydrogen (secondary N) is 3. The molecule has 0 saturated heterocycles. The summed E-state index contributed by atoms with van der Waals surface area (Å²) >= 11 is 0. The van der Waals surface area contributed by atoms with Gasteiger partial charge in [0, 0.05) is 20.7 Å². The molecule has 0 saturated carbocycles. The SMILES string of the molecule is CNc1ccc(C(=O)NCC(=O)NCCOC)nn1. The van der Waals surface area contributed by atoms with Gasteiger partial charge in [0.1, 0.15) is 5.82 Å². The molecule has 1 heterocycles. The third-order valence-electron chi connectivity index (χ3n) is 2.19. The summed E-state index contributed by atoms with van der Waals surface area (Å²) in [7, 11) is 3.25. The summed E-state index contributed by atoms with van der Waals surface area (Å²) in [6.07, 6.45) is 0. The molecular formula is C11H17N5O3. The second-order valence-electron chi connectivity index (χ2n) is 3.58. The fourth-order valence-electron chi connectivity index (χ4n) is 1.19. The van der Waals surface area contributed by atoms with Crippen LogP contribution in [0.4, 0.5) is 5.82 Å². The minimum absolute atomic E-state index is 0.113. The molecule has 0 aromatic carbocycles. The molecule has 2 amide bonds. The van der Waals surface area contributed by atoms with Gasteiger partial charge in [0.2, 0.25) is 5.91 Å². The number of methoxy groups -OCH3 is 1. The number of hydrogen-bond donors (Lipinski definition) is 3. The molecule has 1 aromatic rings. The summed E-state index contributed by atoms with van der Waals surface area (Å²) in [5.74, 6) is -0.170. The van der Waals surface area contributed by atoms with Crippen LogP contribution in [0.5, 0.6) is 0 Å². The second-order valence-corrected chi connectivity index (χ2v) is 3.58. The van der Waals surface area contributed by atoms with Gasteiger partial charge in [0.15, 0.2) is 5.69 Å². The molecule has 8 nitrogen and oxygen atoms in total. The minimum Gasteiger partial charge on any atom is -0.383 e. The van der Waals surface area contributed by atoms with E-state index in [1.807, 2.05) is 0 Å². The first-order valence-electron chi connectivity index (χ1n) is 5.72. The summed E-state index contributed by atoms with van der Waals surface area (Å²) in [5.41, 5.74) is 0.156. The molecule has 0 unspecified atom stereocenters. The number of carbonyl (C=O) groups excluding carboxylic acids is 2. The van der Waals surface area contributed by atoms with Crippen molar-refractivity contribution in [3.8, 4) is 0 Å². The predicted octanol–water partition coefficient (Wildman–Crippen LogP) is -0.989. The van der Waals surface area contributed by atoms with Crippen molar-refractivity contribution in [2.24, 2.45) is 0 Å². The Hall–Kier alpha value is -2.22. The van der Waals surface area contributed by atoms with E-state index in [9.17, 15) is 9.59 Å². The fourth-order valence-corrected chi connectivity index (χ4v) is 1.19. The number of carbonyl (C=O) groups is 2. The van der Waals surface area contributed by atoms with E-state index >= 15 is 0 Å². The van der Waals surface area contributed by atoms with Gasteiger partial charge in [0.05, 0.1) is 13.2 Å². The van der Waals surface area contributed by atoms with Crippen molar-refractivity contribution in [2.75, 3.05) is 39.2 Å². The number of amides is 2. The van der Waals surface area contributed by atoms with Gasteiger partial charge in [-0.05, 0) is 12.1 Å². The van der Waals surface area contributed by atoms with Gasteiger partial charge in [-0.3, -0.25) is 9.59 Å². The average Bonchev–Trinajstić information content (AvgIpc) is 2.45. The van der Waals surface area contributed by atoms with Gasteiger partial charge in [-0.1, -0.05) is 0 Å². The number of ether oxygens (including phenoxy) is 1. The molecule has 0 spiro atoms. The highest BCUT2D eigenvalue weighted by Gasteiger charge is 2.09. The van der Waals surface area contributed by atoms with Gasteiger partial charge < -0.3 is 20.7 Å². The molecule has 0 aliphatic carbocycles. The van der Waals surface area contributed by atoms with E-state index in [-0.39, 0.29) is 18.1 Å². The van der Waals surface area contributed by atoms with E-state index in [0.717, 1.165) is 0 Å². The summed E-state index contributed by atoms with van der Waals surface area (Å²) in [4.78, 5) is 23.0. The molecule has 104 valence electrons. The number of rotatable bonds is 7. The minimum atomic E-state index is -0.447. The third kappa shape index (κ3) is 5.30. The summed E-state index contributed by atoms with van der Waals surface area (Å²) in [6, 6.07) is 3.15. The monoisotopic (exact) mass is 267 g/mol. The molecule has 1 aromatic heterocycles. The van der Waals surface area contributed by atoms with Crippen molar-refractivity contribution in [3.05, 3.63) is 17.8 Å². The highest BCUT2D eigenvalue weighted by Crippen LogP contribution is 1.99. The Kier molecular flexibility index (Phi) is 6.23. The molecule has 0 aliphatic rings. The van der Waals surface area contributed by atoms with Gasteiger partial charge in [0.25, 0.3) is 5.91 Å². The Labute approximate surface area is 110 Å². The maximum absolute atomic E-state index is 11.6. The van der Waals surface area contributed by atoms with E-state index in [1.165, 1.54) is 6.07 Å². The topological polar surface area (TPSA) is 105 Å². The van der Waals surface area contributed by atoms with Crippen molar-refractivity contribution < 1.29 is 14.3 Å². The molecule has 0 bridgehead atoms. The fraction of sp³-hybridized carbons (Fsp3) is 0.455. The van der Waals surface area contributed by atoms with Crippen LogP contribution in [-0.4, -0.2) is 55.9 Å². The molecule has 8 heteroatoms. The average molecular weight is 267 g/mol. The Bertz CT molecular complexity index is 421. The maximum atomic E-state index is 11.6. The highest BCUT2D eigenvalue weighted by molar-refractivity contribution is 5.94. The first kappa shape index (κ1) is 14.8. The van der Waals surface area contributed by atoms with Crippen LogP contribution in [0.25, 0.3) is 0 Å². The Morgan fingerprint density at radius 1 is 1.26 bits per heavy atom. The summed E-state index contributed by atoms with van der Waals surface area (Å²) in [5, 5.41) is 15.3. The molecule has 0 fully saturated rings. The van der Waals surface area contributed by atoms with Gasteiger partial charge in [-0.25, -0.2) is 0 Å². The lowest BCUT2D eigenvalue weighted by Gasteiger charge is -2.06. The largest absolute Gasteiger partial charge is 0.383 e. The highest BCUT2D eigenvalue weighted by atomic mass is 16.5. The Morgan fingerprint density at radius 2 is 2.05 bits per heavy atom. The Balaban J connectivity index is 2.35. The van der Waals surface area contributed by atoms with Crippen LogP contribution >= 0.6 is 0 Å². The van der Waals surface area contributed by atoms with Crippen LogP contribution in [0.3, 0.4) is 0 Å². The van der Waals surface area contributed by atoms with Crippen molar-refractivity contribution in [1.82, 2.24) is 20.8 Å². The lowest BCUT2D eigenvalue weighted by atomic mass is 10.3. The van der Waals surface area contributed by atoms with Gasteiger partial charge >= 0.3 is 0 Å². The number of nitrogens with zero attached hydrogens (tertiary/aromatic N) is 2. The number of hydrogen-bond acceptors (Lipinski definition) is 6. The number of anilines is 1. The molecule has 0 aliphatic heterocycles. The molecule has 1 rings (SSSR count). The molecule has 19 heavy (non-hydrogen) atoms. The molecular weight excluding hydrogens is 250 g/mol. The first-order chi connectivity index (χ1) is 9.17. The van der Waals surface area contributed by atoms with E-state index in [0.29, 0.717) is 19.0 Å². The van der Waals surface area contributed by atoms with Crippen LogP contribution in [0.1, 0.15) is 10.5 Å². The van der Waals surface area contributed by atoms with Crippen molar-refractivity contribution in [2.45, 2.75) is 0 Å². The predicted molar refractivity (Wildman–Crippen MR) is 68.8 cm³/mol. The van der Waals surface area contributed by atoms with E-state index in [2.05, 4.69) is 26.1 Å². The van der Waals surface area contributed by atoms with Crippen LogP contribution in [0.2, 0.25) is 0 Å². The molecule has 0 atom stereocenters. The van der Waals surface area contributed by atoms with E-state index < -0.39 is 5.91 Å². The molecule has 3 N–H and O–H groups in total. The van der Waals surface area contributed by atoms with Crippen LogP contribution < -0.4 is 16.0 Å². The molecule has 0 radical (unpaired) electrons. The van der Waals surface area contributed by atoms with E-state index in [4.69, 9.17) is 4.74 Å². The van der Waals surface area contributed by atoms with Crippen molar-refractivity contribution >= 4 is 17.6 Å². The summed E-state index contributed by atoms with van der Waals surface area (Å²) in [6.45, 7) is 0.719. The quantitative estimate of drug-likeness (QED) is 0.548. The second kappa shape index (κ2) is 7.98. The lowest BCUT2D eigenvalue weighted by molar-refractivity contribution is -0.120. The zero-order valence-corrected chi connectivity index (χ0v) is 10.9. The van der Waals surface area contributed by atoms with Crippen LogP contribution in [0.15, 0.2) is 12.1 Å². The smallest absolute Gasteiger partial charge is 0.272 e. The first-order valence-corrected chi connectivity index (χ1v) is 5.72. The van der Waals surface area contributed by atoms with Crippen molar-refractivity contribution in [1.29, 1.82) is 0 Å². The normalized spacial score (nSPS) is 9.79. The van der Waals surface area contributed by atoms with Crippen molar-refractivity contribution in [3.63, 3.8) is 0 Å². The van der Waals surface area contributed by atoms with E-state index in [1.54, 1.807) is 20.2 Å². The van der Waals surface area contributed by atoms with Gasteiger partial charge in [-0.2, -0.15) is 0 Å².